The molecule has 4 heteroatoms. The molecule has 0 spiro atoms. The fourth-order valence-corrected chi connectivity index (χ4v) is 1.71. The van der Waals surface area contributed by atoms with Crippen LogP contribution < -0.4 is 5.73 Å². The molecule has 0 fully saturated rings. The quantitative estimate of drug-likeness (QED) is 0.778. The summed E-state index contributed by atoms with van der Waals surface area (Å²) in [5, 5.41) is 19.8. The number of hydrogen-bond donors (Lipinski definition) is 3. The number of aliphatic hydroxyl groups excluding tert-OH is 1. The first kappa shape index (κ1) is 16.2. The van der Waals surface area contributed by atoms with E-state index < -0.39 is 12.1 Å². The van der Waals surface area contributed by atoms with Gasteiger partial charge in [-0.1, -0.05) is 32.4 Å². The minimum absolute atomic E-state index is 0. The maximum atomic E-state index is 10.00. The van der Waals surface area contributed by atoms with Gasteiger partial charge in [0.05, 0.1) is 12.1 Å². The third-order valence-electron chi connectivity index (χ3n) is 3.14. The summed E-state index contributed by atoms with van der Waals surface area (Å²) in [6.45, 7) is 5.87. The van der Waals surface area contributed by atoms with E-state index in [4.69, 9.17) is 5.73 Å². The van der Waals surface area contributed by atoms with Gasteiger partial charge >= 0.3 is 0 Å². The van der Waals surface area contributed by atoms with Crippen molar-refractivity contribution in [2.45, 2.75) is 39.3 Å². The van der Waals surface area contributed by atoms with E-state index in [-0.39, 0.29) is 24.1 Å². The summed E-state index contributed by atoms with van der Waals surface area (Å²) in [4.78, 5) is 0. The average molecular weight is 260 g/mol. The maximum absolute atomic E-state index is 10.00. The molecule has 3 atom stereocenters. The highest BCUT2D eigenvalue weighted by molar-refractivity contribution is 5.85. The van der Waals surface area contributed by atoms with Crippen molar-refractivity contribution in [1.82, 2.24) is 0 Å². The number of phenols is 1. The van der Waals surface area contributed by atoms with Crippen LogP contribution in [0.3, 0.4) is 0 Å². The van der Waals surface area contributed by atoms with Crippen LogP contribution in [-0.4, -0.2) is 16.3 Å². The normalized spacial score (nSPS) is 15.8. The molecule has 1 aromatic rings. The molecule has 0 amide bonds. The summed E-state index contributed by atoms with van der Waals surface area (Å²) >= 11 is 0. The lowest BCUT2D eigenvalue weighted by Gasteiger charge is -2.24. The Bertz CT molecular complexity index is 357. The van der Waals surface area contributed by atoms with Gasteiger partial charge in [0.1, 0.15) is 5.75 Å². The molecule has 0 saturated heterocycles. The van der Waals surface area contributed by atoms with Gasteiger partial charge in [-0.05, 0) is 24.5 Å². The topological polar surface area (TPSA) is 66.5 Å². The van der Waals surface area contributed by atoms with Crippen LogP contribution >= 0.6 is 12.4 Å². The van der Waals surface area contributed by atoms with Crippen LogP contribution in [0.25, 0.3) is 0 Å². The van der Waals surface area contributed by atoms with E-state index in [9.17, 15) is 10.2 Å². The molecule has 0 saturated carbocycles. The van der Waals surface area contributed by atoms with Crippen molar-refractivity contribution in [2.24, 2.45) is 11.7 Å². The molecule has 0 radical (unpaired) electrons. The predicted octanol–water partition coefficient (Wildman–Crippen LogP) is 2.53. The molecule has 98 valence electrons. The van der Waals surface area contributed by atoms with E-state index in [1.54, 1.807) is 12.1 Å². The number of aliphatic hydroxyl groups is 1. The summed E-state index contributed by atoms with van der Waals surface area (Å²) in [5.74, 6) is 0.283. The molecular formula is C13H22ClNO2. The molecule has 3 nitrogen and oxygen atoms in total. The van der Waals surface area contributed by atoms with Gasteiger partial charge in [0.25, 0.3) is 0 Å². The van der Waals surface area contributed by atoms with E-state index in [2.05, 4.69) is 0 Å². The third kappa shape index (κ3) is 3.87. The van der Waals surface area contributed by atoms with E-state index >= 15 is 0 Å². The molecule has 0 aliphatic heterocycles. The monoisotopic (exact) mass is 259 g/mol. The molecule has 0 aliphatic rings. The zero-order valence-corrected chi connectivity index (χ0v) is 11.4. The standard InChI is InChI=1S/C13H21NO2.ClH/c1-4-9(3)13(16)12(14)10-6-5-8(2)7-11(10)15;/h5-7,9,12-13,15-16H,4,14H2,1-3H3;1H/t9?,12-,13+;/m1./s1. The fraction of sp³-hybridized carbons (Fsp3) is 0.538. The number of nitrogens with two attached hydrogens (primary N) is 1. The van der Waals surface area contributed by atoms with Crippen LogP contribution in [0.1, 0.15) is 37.4 Å². The Balaban J connectivity index is 0.00000256. The largest absolute Gasteiger partial charge is 0.508 e. The second-order valence-corrected chi connectivity index (χ2v) is 4.46. The Labute approximate surface area is 109 Å². The lowest BCUT2D eigenvalue weighted by molar-refractivity contribution is 0.0871. The molecule has 17 heavy (non-hydrogen) atoms. The summed E-state index contributed by atoms with van der Waals surface area (Å²) in [6, 6.07) is 4.80. The zero-order valence-electron chi connectivity index (χ0n) is 10.6. The van der Waals surface area contributed by atoms with Crippen molar-refractivity contribution in [3.63, 3.8) is 0 Å². The van der Waals surface area contributed by atoms with Crippen molar-refractivity contribution in [3.05, 3.63) is 29.3 Å². The van der Waals surface area contributed by atoms with Gasteiger partial charge in [-0.25, -0.2) is 0 Å². The molecule has 1 unspecified atom stereocenters. The Morgan fingerprint density at radius 1 is 1.35 bits per heavy atom. The zero-order chi connectivity index (χ0) is 12.3. The van der Waals surface area contributed by atoms with Crippen LogP contribution in [0.4, 0.5) is 0 Å². The molecular weight excluding hydrogens is 238 g/mol. The number of aryl methyl sites for hydroxylation is 1. The molecule has 0 bridgehead atoms. The maximum Gasteiger partial charge on any atom is 0.120 e. The van der Waals surface area contributed by atoms with Crippen LogP contribution in [0.2, 0.25) is 0 Å². The van der Waals surface area contributed by atoms with Gasteiger partial charge in [0, 0.05) is 5.56 Å². The molecule has 0 aromatic heterocycles. The van der Waals surface area contributed by atoms with Crippen LogP contribution in [-0.2, 0) is 0 Å². The molecule has 4 N–H and O–H groups in total. The van der Waals surface area contributed by atoms with Crippen molar-refractivity contribution < 1.29 is 10.2 Å². The van der Waals surface area contributed by atoms with E-state index in [0.717, 1.165) is 12.0 Å². The first-order valence-corrected chi connectivity index (χ1v) is 5.70. The number of aromatic hydroxyl groups is 1. The van der Waals surface area contributed by atoms with Crippen LogP contribution in [0, 0.1) is 12.8 Å². The number of hydrogen-bond acceptors (Lipinski definition) is 3. The Hall–Kier alpha value is -0.770. The first-order valence-electron chi connectivity index (χ1n) is 5.70. The van der Waals surface area contributed by atoms with Crippen molar-refractivity contribution in [1.29, 1.82) is 0 Å². The van der Waals surface area contributed by atoms with Crippen LogP contribution in [0.15, 0.2) is 18.2 Å². The Morgan fingerprint density at radius 3 is 2.41 bits per heavy atom. The minimum Gasteiger partial charge on any atom is -0.508 e. The van der Waals surface area contributed by atoms with Crippen LogP contribution in [0.5, 0.6) is 5.75 Å². The number of phenolic OH excluding ortho intramolecular Hbond substituents is 1. The lowest BCUT2D eigenvalue weighted by atomic mass is 9.91. The summed E-state index contributed by atoms with van der Waals surface area (Å²) in [5.41, 5.74) is 7.54. The van der Waals surface area contributed by atoms with Crippen molar-refractivity contribution in [3.8, 4) is 5.75 Å². The number of benzene rings is 1. The van der Waals surface area contributed by atoms with Gasteiger partial charge in [0.2, 0.25) is 0 Å². The van der Waals surface area contributed by atoms with Gasteiger partial charge < -0.3 is 15.9 Å². The highest BCUT2D eigenvalue weighted by Gasteiger charge is 2.23. The number of halogens is 1. The van der Waals surface area contributed by atoms with Gasteiger partial charge in [0.15, 0.2) is 0 Å². The SMILES string of the molecule is CCC(C)[C@H](O)[C@H](N)c1ccc(C)cc1O.Cl. The highest BCUT2D eigenvalue weighted by atomic mass is 35.5. The smallest absolute Gasteiger partial charge is 0.120 e. The molecule has 1 rings (SSSR count). The predicted molar refractivity (Wildman–Crippen MR) is 72.5 cm³/mol. The fourth-order valence-electron chi connectivity index (χ4n) is 1.71. The second kappa shape index (κ2) is 6.84. The molecule has 0 aliphatic carbocycles. The first-order chi connectivity index (χ1) is 7.47. The summed E-state index contributed by atoms with van der Waals surface area (Å²) in [6.07, 6.45) is 0.236. The highest BCUT2D eigenvalue weighted by Crippen LogP contribution is 2.28. The molecule has 1 aromatic carbocycles. The van der Waals surface area contributed by atoms with E-state index in [1.165, 1.54) is 0 Å². The second-order valence-electron chi connectivity index (χ2n) is 4.46. The van der Waals surface area contributed by atoms with Gasteiger partial charge in [-0.3, -0.25) is 0 Å². The Kier molecular flexibility index (Phi) is 6.53. The number of rotatable bonds is 4. The summed E-state index contributed by atoms with van der Waals surface area (Å²) in [7, 11) is 0. The van der Waals surface area contributed by atoms with Gasteiger partial charge in [-0.15, -0.1) is 12.4 Å². The third-order valence-corrected chi connectivity index (χ3v) is 3.14. The average Bonchev–Trinajstić information content (AvgIpc) is 2.26. The summed E-state index contributed by atoms with van der Waals surface area (Å²) < 4.78 is 0. The van der Waals surface area contributed by atoms with E-state index in [1.807, 2.05) is 26.8 Å². The van der Waals surface area contributed by atoms with Gasteiger partial charge in [-0.2, -0.15) is 0 Å². The minimum atomic E-state index is -0.626. The van der Waals surface area contributed by atoms with Crippen molar-refractivity contribution in [2.75, 3.05) is 0 Å². The van der Waals surface area contributed by atoms with E-state index in [0.29, 0.717) is 5.56 Å². The molecule has 0 heterocycles. The van der Waals surface area contributed by atoms with Crippen molar-refractivity contribution >= 4 is 12.4 Å². The Morgan fingerprint density at radius 2 is 1.94 bits per heavy atom. The lowest BCUT2D eigenvalue weighted by Crippen LogP contribution is -2.31.